The third kappa shape index (κ3) is 6.39. The number of ether oxygens (including phenoxy) is 2. The highest BCUT2D eigenvalue weighted by Gasteiger charge is 2.26. The summed E-state index contributed by atoms with van der Waals surface area (Å²) >= 11 is 3.38. The second-order valence-electron chi connectivity index (χ2n) is 5.19. The lowest BCUT2D eigenvalue weighted by Crippen LogP contribution is -2.48. The van der Waals surface area contributed by atoms with Crippen molar-refractivity contribution in [3.8, 4) is 0 Å². The van der Waals surface area contributed by atoms with Gasteiger partial charge in [-0.15, -0.1) is 12.4 Å². The Hall–Kier alpha value is -1.15. The van der Waals surface area contributed by atoms with Crippen LogP contribution in [-0.4, -0.2) is 44.3 Å². The van der Waals surface area contributed by atoms with Crippen LogP contribution in [0.2, 0.25) is 0 Å². The number of carbonyl (C=O) groups excluding carboxylic acids is 2. The van der Waals surface area contributed by atoms with Crippen LogP contribution in [0, 0.1) is 0 Å². The van der Waals surface area contributed by atoms with Gasteiger partial charge in [0.05, 0.1) is 25.7 Å². The third-order valence-corrected chi connectivity index (χ3v) is 4.01. The number of hydrogen-bond donors (Lipinski definition) is 2. The zero-order chi connectivity index (χ0) is 16.7. The van der Waals surface area contributed by atoms with Crippen LogP contribution in [0.4, 0.5) is 0 Å². The Kier molecular flexibility index (Phi) is 9.28. The molecule has 0 aromatic heterocycles. The molecule has 2 unspecified atom stereocenters. The van der Waals surface area contributed by atoms with Gasteiger partial charge in [-0.05, 0) is 24.6 Å². The molecular weight excluding hydrogens is 400 g/mol. The van der Waals surface area contributed by atoms with Gasteiger partial charge in [-0.1, -0.05) is 28.1 Å². The van der Waals surface area contributed by atoms with E-state index in [1.54, 1.807) is 6.92 Å². The van der Waals surface area contributed by atoms with E-state index >= 15 is 0 Å². The standard InChI is InChI=1S/C16H21BrN2O4.ClH/c1-2-22-15(20)9-13(11-3-5-12(17)6-4-11)19-16(21)14-10-18-7-8-23-14;/h3-6,13-14,18H,2,7-10H2,1H3,(H,19,21);1H. The van der Waals surface area contributed by atoms with Crippen molar-refractivity contribution >= 4 is 40.2 Å². The first-order valence-electron chi connectivity index (χ1n) is 7.64. The maximum absolute atomic E-state index is 12.4. The smallest absolute Gasteiger partial charge is 0.308 e. The van der Waals surface area contributed by atoms with Gasteiger partial charge in [-0.3, -0.25) is 9.59 Å². The second kappa shape index (κ2) is 10.7. The molecule has 1 aliphatic heterocycles. The molecule has 2 N–H and O–H groups in total. The highest BCUT2D eigenvalue weighted by molar-refractivity contribution is 9.10. The molecule has 24 heavy (non-hydrogen) atoms. The van der Waals surface area contributed by atoms with Crippen molar-refractivity contribution in [1.29, 1.82) is 0 Å². The number of benzene rings is 1. The van der Waals surface area contributed by atoms with Crippen LogP contribution in [0.15, 0.2) is 28.7 Å². The molecule has 2 rings (SSSR count). The van der Waals surface area contributed by atoms with E-state index in [0.29, 0.717) is 19.8 Å². The quantitative estimate of drug-likeness (QED) is 0.687. The number of nitrogens with one attached hydrogen (secondary N) is 2. The summed E-state index contributed by atoms with van der Waals surface area (Å²) in [5.74, 6) is -0.571. The Morgan fingerprint density at radius 1 is 1.42 bits per heavy atom. The molecule has 1 heterocycles. The fourth-order valence-electron chi connectivity index (χ4n) is 2.33. The predicted molar refractivity (Wildman–Crippen MR) is 96.1 cm³/mol. The molecule has 0 saturated carbocycles. The lowest BCUT2D eigenvalue weighted by atomic mass is 10.0. The molecule has 0 spiro atoms. The van der Waals surface area contributed by atoms with Crippen molar-refractivity contribution in [2.24, 2.45) is 0 Å². The summed E-state index contributed by atoms with van der Waals surface area (Å²) in [6.07, 6.45) is -0.453. The molecule has 1 saturated heterocycles. The molecule has 1 fully saturated rings. The maximum atomic E-state index is 12.4. The summed E-state index contributed by atoms with van der Waals surface area (Å²) in [5, 5.41) is 6.01. The van der Waals surface area contributed by atoms with Crippen LogP contribution >= 0.6 is 28.3 Å². The normalized spacial score (nSPS) is 18.2. The van der Waals surface area contributed by atoms with Crippen LogP contribution in [0.25, 0.3) is 0 Å². The van der Waals surface area contributed by atoms with E-state index in [-0.39, 0.29) is 30.7 Å². The fraction of sp³-hybridized carbons (Fsp3) is 0.500. The molecule has 1 amide bonds. The van der Waals surface area contributed by atoms with E-state index in [2.05, 4.69) is 26.6 Å². The first-order valence-corrected chi connectivity index (χ1v) is 8.43. The Labute approximate surface area is 156 Å². The minimum absolute atomic E-state index is 0. The zero-order valence-corrected chi connectivity index (χ0v) is 15.8. The highest BCUT2D eigenvalue weighted by Crippen LogP contribution is 2.20. The number of halogens is 2. The molecule has 134 valence electrons. The lowest BCUT2D eigenvalue weighted by molar-refractivity contribution is -0.144. The molecule has 0 bridgehead atoms. The molecular formula is C16H22BrClN2O4. The van der Waals surface area contributed by atoms with E-state index in [1.165, 1.54) is 0 Å². The van der Waals surface area contributed by atoms with Gasteiger partial charge in [0.15, 0.2) is 0 Å². The van der Waals surface area contributed by atoms with Gasteiger partial charge in [-0.2, -0.15) is 0 Å². The van der Waals surface area contributed by atoms with E-state index in [0.717, 1.165) is 16.6 Å². The minimum Gasteiger partial charge on any atom is -0.466 e. The van der Waals surface area contributed by atoms with E-state index < -0.39 is 12.1 Å². The third-order valence-electron chi connectivity index (χ3n) is 3.49. The van der Waals surface area contributed by atoms with Crippen molar-refractivity contribution in [2.45, 2.75) is 25.5 Å². The molecule has 0 aliphatic carbocycles. The summed E-state index contributed by atoms with van der Waals surface area (Å²) < 4.78 is 11.4. The average molecular weight is 422 g/mol. The second-order valence-corrected chi connectivity index (χ2v) is 6.10. The SMILES string of the molecule is CCOC(=O)CC(NC(=O)C1CNCCO1)c1ccc(Br)cc1.Cl. The van der Waals surface area contributed by atoms with Gasteiger partial charge in [0, 0.05) is 17.6 Å². The molecule has 1 aromatic rings. The van der Waals surface area contributed by atoms with Crippen LogP contribution in [0.3, 0.4) is 0 Å². The van der Waals surface area contributed by atoms with Crippen molar-refractivity contribution in [2.75, 3.05) is 26.3 Å². The van der Waals surface area contributed by atoms with Gasteiger partial charge in [0.25, 0.3) is 5.91 Å². The number of hydrogen-bond acceptors (Lipinski definition) is 5. The minimum atomic E-state index is -0.538. The first-order chi connectivity index (χ1) is 11.1. The largest absolute Gasteiger partial charge is 0.466 e. The van der Waals surface area contributed by atoms with E-state index in [9.17, 15) is 9.59 Å². The fourth-order valence-corrected chi connectivity index (χ4v) is 2.60. The summed E-state index contributed by atoms with van der Waals surface area (Å²) in [7, 11) is 0. The maximum Gasteiger partial charge on any atom is 0.308 e. The average Bonchev–Trinajstić information content (AvgIpc) is 2.56. The van der Waals surface area contributed by atoms with Gasteiger partial charge in [0.2, 0.25) is 0 Å². The highest BCUT2D eigenvalue weighted by atomic mass is 79.9. The molecule has 1 aliphatic rings. The van der Waals surface area contributed by atoms with Gasteiger partial charge < -0.3 is 20.1 Å². The zero-order valence-electron chi connectivity index (χ0n) is 13.4. The predicted octanol–water partition coefficient (Wildman–Crippen LogP) is 1.97. The first kappa shape index (κ1) is 20.9. The van der Waals surface area contributed by atoms with Crippen molar-refractivity contribution in [3.63, 3.8) is 0 Å². The van der Waals surface area contributed by atoms with Crippen molar-refractivity contribution in [1.82, 2.24) is 10.6 Å². The molecule has 8 heteroatoms. The Balaban J connectivity index is 0.00000288. The van der Waals surface area contributed by atoms with Crippen molar-refractivity contribution in [3.05, 3.63) is 34.3 Å². The molecule has 2 atom stereocenters. The number of rotatable bonds is 6. The Morgan fingerprint density at radius 2 is 2.12 bits per heavy atom. The van der Waals surface area contributed by atoms with Crippen LogP contribution in [-0.2, 0) is 19.1 Å². The van der Waals surface area contributed by atoms with Crippen LogP contribution in [0.1, 0.15) is 24.9 Å². The number of esters is 1. The summed E-state index contributed by atoms with van der Waals surface area (Å²) in [6, 6.07) is 7.04. The Morgan fingerprint density at radius 3 is 2.71 bits per heavy atom. The summed E-state index contributed by atoms with van der Waals surface area (Å²) in [5.41, 5.74) is 0.846. The topological polar surface area (TPSA) is 76.7 Å². The monoisotopic (exact) mass is 420 g/mol. The summed E-state index contributed by atoms with van der Waals surface area (Å²) in [6.45, 7) is 3.78. The number of carbonyl (C=O) groups is 2. The van der Waals surface area contributed by atoms with E-state index in [4.69, 9.17) is 9.47 Å². The van der Waals surface area contributed by atoms with Crippen LogP contribution in [0.5, 0.6) is 0 Å². The number of amides is 1. The number of morpholine rings is 1. The molecule has 1 aromatic carbocycles. The van der Waals surface area contributed by atoms with Crippen LogP contribution < -0.4 is 10.6 Å². The lowest BCUT2D eigenvalue weighted by Gasteiger charge is -2.26. The van der Waals surface area contributed by atoms with Gasteiger partial charge >= 0.3 is 5.97 Å². The molecule has 6 nitrogen and oxygen atoms in total. The van der Waals surface area contributed by atoms with Gasteiger partial charge in [0.1, 0.15) is 6.10 Å². The summed E-state index contributed by atoms with van der Waals surface area (Å²) in [4.78, 5) is 24.2. The molecule has 0 radical (unpaired) electrons. The van der Waals surface area contributed by atoms with Crippen molar-refractivity contribution < 1.29 is 19.1 Å². The van der Waals surface area contributed by atoms with Gasteiger partial charge in [-0.25, -0.2) is 0 Å². The Bertz CT molecular complexity index is 535. The van der Waals surface area contributed by atoms with E-state index in [1.807, 2.05) is 24.3 Å².